The number of hydrogen-bond donors (Lipinski definition) is 1. The third kappa shape index (κ3) is 3.84. The van der Waals surface area contributed by atoms with Gasteiger partial charge in [-0.25, -0.2) is 8.42 Å². The van der Waals surface area contributed by atoms with E-state index in [0.717, 1.165) is 24.2 Å². The maximum absolute atomic E-state index is 11.7. The first kappa shape index (κ1) is 14.6. The van der Waals surface area contributed by atoms with Gasteiger partial charge in [-0.15, -0.1) is 0 Å². The van der Waals surface area contributed by atoms with Crippen LogP contribution in [0.15, 0.2) is 18.2 Å². The second kappa shape index (κ2) is 6.11. The lowest BCUT2D eigenvalue weighted by atomic mass is 10.1. The van der Waals surface area contributed by atoms with Gasteiger partial charge in [-0.3, -0.25) is 0 Å². The fraction of sp³-hybridized carbons (Fsp3) is 0.538. The van der Waals surface area contributed by atoms with Crippen molar-refractivity contribution in [3.05, 3.63) is 28.8 Å². The van der Waals surface area contributed by atoms with E-state index in [4.69, 9.17) is 17.3 Å². The molecule has 4 nitrogen and oxygen atoms in total. The molecule has 106 valence electrons. The Hall–Kier alpha value is -0.780. The van der Waals surface area contributed by atoms with E-state index in [-0.39, 0.29) is 11.5 Å². The quantitative estimate of drug-likeness (QED) is 0.918. The Bertz CT molecular complexity index is 546. The summed E-state index contributed by atoms with van der Waals surface area (Å²) >= 11 is 6.06. The van der Waals surface area contributed by atoms with Crippen LogP contribution < -0.4 is 10.6 Å². The van der Waals surface area contributed by atoms with Crippen LogP contribution in [0.3, 0.4) is 0 Å². The maximum atomic E-state index is 11.7. The number of halogens is 1. The van der Waals surface area contributed by atoms with Crippen LogP contribution in [-0.2, 0) is 16.3 Å². The van der Waals surface area contributed by atoms with Crippen molar-refractivity contribution >= 4 is 27.1 Å². The predicted octanol–water partition coefficient (Wildman–Crippen LogP) is 1.47. The molecule has 1 heterocycles. The van der Waals surface area contributed by atoms with Crippen LogP contribution in [0, 0.1) is 0 Å². The number of sulfone groups is 1. The van der Waals surface area contributed by atoms with Crippen LogP contribution >= 0.6 is 11.6 Å². The van der Waals surface area contributed by atoms with Gasteiger partial charge >= 0.3 is 0 Å². The van der Waals surface area contributed by atoms with Crippen molar-refractivity contribution in [2.24, 2.45) is 5.73 Å². The highest BCUT2D eigenvalue weighted by Gasteiger charge is 2.20. The maximum Gasteiger partial charge on any atom is 0.152 e. The van der Waals surface area contributed by atoms with Crippen molar-refractivity contribution in [3.8, 4) is 0 Å². The van der Waals surface area contributed by atoms with Crippen molar-refractivity contribution in [2.45, 2.75) is 12.8 Å². The number of nitrogens with zero attached hydrogens (tertiary/aromatic N) is 1. The fourth-order valence-electron chi connectivity index (χ4n) is 2.38. The van der Waals surface area contributed by atoms with Crippen LogP contribution in [0.5, 0.6) is 0 Å². The first-order valence-electron chi connectivity index (χ1n) is 6.46. The number of benzene rings is 1. The molecule has 0 amide bonds. The van der Waals surface area contributed by atoms with Gasteiger partial charge in [-0.2, -0.15) is 0 Å². The summed E-state index contributed by atoms with van der Waals surface area (Å²) in [5.74, 6) is 0.484. The van der Waals surface area contributed by atoms with Gasteiger partial charge in [0.15, 0.2) is 9.84 Å². The standard InChI is InChI=1S/C13H19ClN2O2S/c14-12-3-2-11(4-5-15)13(10-12)16-6-1-8-19(17,18)9-7-16/h2-3,10H,1,4-9,15H2. The third-order valence-corrected chi connectivity index (χ3v) is 5.31. The lowest BCUT2D eigenvalue weighted by Crippen LogP contribution is -2.28. The zero-order chi connectivity index (χ0) is 13.9. The Kier molecular flexibility index (Phi) is 4.71. The summed E-state index contributed by atoms with van der Waals surface area (Å²) in [6.07, 6.45) is 1.44. The van der Waals surface area contributed by atoms with E-state index in [1.165, 1.54) is 0 Å². The van der Waals surface area contributed by atoms with Gasteiger partial charge in [0.05, 0.1) is 11.5 Å². The molecule has 2 rings (SSSR count). The molecule has 1 aliphatic rings. The second-order valence-electron chi connectivity index (χ2n) is 4.80. The highest BCUT2D eigenvalue weighted by atomic mass is 35.5. The van der Waals surface area contributed by atoms with E-state index in [2.05, 4.69) is 4.90 Å². The number of anilines is 1. The van der Waals surface area contributed by atoms with Gasteiger partial charge in [0.25, 0.3) is 0 Å². The molecule has 0 unspecified atom stereocenters. The Labute approximate surface area is 119 Å². The van der Waals surface area contributed by atoms with Crippen molar-refractivity contribution in [1.29, 1.82) is 0 Å². The number of nitrogens with two attached hydrogens (primary N) is 1. The zero-order valence-electron chi connectivity index (χ0n) is 10.8. The van der Waals surface area contributed by atoms with Gasteiger partial charge in [0.2, 0.25) is 0 Å². The summed E-state index contributed by atoms with van der Waals surface area (Å²) in [7, 11) is -2.89. The third-order valence-electron chi connectivity index (χ3n) is 3.36. The first-order chi connectivity index (χ1) is 9.02. The largest absolute Gasteiger partial charge is 0.370 e. The Morgan fingerprint density at radius 2 is 2.05 bits per heavy atom. The number of hydrogen-bond acceptors (Lipinski definition) is 4. The minimum atomic E-state index is -2.89. The molecule has 0 aliphatic carbocycles. The second-order valence-corrected chi connectivity index (χ2v) is 7.54. The normalized spacial score (nSPS) is 19.2. The molecule has 1 fully saturated rings. The van der Waals surface area contributed by atoms with Crippen molar-refractivity contribution in [3.63, 3.8) is 0 Å². The van der Waals surface area contributed by atoms with Gasteiger partial charge in [0.1, 0.15) is 0 Å². The molecule has 0 saturated carbocycles. The average Bonchev–Trinajstić information content (AvgIpc) is 2.53. The topological polar surface area (TPSA) is 63.4 Å². The molecule has 6 heteroatoms. The summed E-state index contributed by atoms with van der Waals surface area (Å²) in [6.45, 7) is 1.85. The van der Waals surface area contributed by atoms with E-state index in [0.29, 0.717) is 24.5 Å². The minimum absolute atomic E-state index is 0.210. The van der Waals surface area contributed by atoms with Gasteiger partial charge in [0, 0.05) is 23.8 Å². The summed E-state index contributed by atoms with van der Waals surface area (Å²) in [4.78, 5) is 2.11. The van der Waals surface area contributed by atoms with Crippen LogP contribution in [0.1, 0.15) is 12.0 Å². The van der Waals surface area contributed by atoms with Crippen LogP contribution in [0.2, 0.25) is 5.02 Å². The molecule has 1 aromatic rings. The summed E-state index contributed by atoms with van der Waals surface area (Å²) < 4.78 is 23.3. The van der Waals surface area contributed by atoms with E-state index in [1.54, 1.807) is 0 Å². The van der Waals surface area contributed by atoms with Gasteiger partial charge in [-0.05, 0) is 37.1 Å². The van der Waals surface area contributed by atoms with E-state index >= 15 is 0 Å². The van der Waals surface area contributed by atoms with Crippen molar-refractivity contribution in [2.75, 3.05) is 36.0 Å². The molecule has 1 aromatic carbocycles. The molecule has 0 atom stereocenters. The lowest BCUT2D eigenvalue weighted by Gasteiger charge is -2.25. The smallest absolute Gasteiger partial charge is 0.152 e. The Morgan fingerprint density at radius 1 is 1.26 bits per heavy atom. The van der Waals surface area contributed by atoms with Crippen molar-refractivity contribution in [1.82, 2.24) is 0 Å². The van der Waals surface area contributed by atoms with E-state index in [1.807, 2.05) is 18.2 Å². The monoisotopic (exact) mass is 302 g/mol. The summed E-state index contributed by atoms with van der Waals surface area (Å²) in [6, 6.07) is 5.74. The van der Waals surface area contributed by atoms with E-state index < -0.39 is 9.84 Å². The van der Waals surface area contributed by atoms with Gasteiger partial charge in [-0.1, -0.05) is 17.7 Å². The van der Waals surface area contributed by atoms with Gasteiger partial charge < -0.3 is 10.6 Å². The van der Waals surface area contributed by atoms with Crippen molar-refractivity contribution < 1.29 is 8.42 Å². The molecule has 19 heavy (non-hydrogen) atoms. The molecular weight excluding hydrogens is 284 g/mol. The van der Waals surface area contributed by atoms with Crippen LogP contribution in [0.4, 0.5) is 5.69 Å². The molecule has 1 aliphatic heterocycles. The highest BCUT2D eigenvalue weighted by molar-refractivity contribution is 7.91. The summed E-state index contributed by atoms with van der Waals surface area (Å²) in [5.41, 5.74) is 7.78. The SMILES string of the molecule is NCCc1ccc(Cl)cc1N1CCCS(=O)(=O)CC1. The summed E-state index contributed by atoms with van der Waals surface area (Å²) in [5, 5.41) is 0.669. The predicted molar refractivity (Wildman–Crippen MR) is 79.7 cm³/mol. The number of rotatable bonds is 3. The molecule has 0 bridgehead atoms. The van der Waals surface area contributed by atoms with E-state index in [9.17, 15) is 8.42 Å². The zero-order valence-corrected chi connectivity index (χ0v) is 12.4. The molecular formula is C13H19ClN2O2S. The Balaban J connectivity index is 2.27. The first-order valence-corrected chi connectivity index (χ1v) is 8.65. The average molecular weight is 303 g/mol. The molecule has 1 saturated heterocycles. The highest BCUT2D eigenvalue weighted by Crippen LogP contribution is 2.26. The molecule has 0 aromatic heterocycles. The fourth-order valence-corrected chi connectivity index (χ4v) is 3.82. The van der Waals surface area contributed by atoms with Crippen LogP contribution in [0.25, 0.3) is 0 Å². The molecule has 0 spiro atoms. The molecule has 0 radical (unpaired) electrons. The Morgan fingerprint density at radius 3 is 2.79 bits per heavy atom. The minimum Gasteiger partial charge on any atom is -0.370 e. The molecule has 2 N–H and O–H groups in total. The van der Waals surface area contributed by atoms with Crippen LogP contribution in [-0.4, -0.2) is 39.6 Å². The lowest BCUT2D eigenvalue weighted by molar-refractivity contribution is 0.597.